The van der Waals surface area contributed by atoms with Crippen LogP contribution in [0.5, 0.6) is 11.5 Å². The zero-order chi connectivity index (χ0) is 63.0. The van der Waals surface area contributed by atoms with Crippen LogP contribution in [0, 0.1) is 6.33 Å². The number of rotatable bonds is 9. The number of nitrogens with zero attached hydrogens (tertiary/aromatic N) is 4. The molecule has 1 atom stereocenters. The molecule has 10 aromatic carbocycles. The van der Waals surface area contributed by atoms with Gasteiger partial charge in [-0.15, -0.1) is 0 Å². The molecule has 0 fully saturated rings. The third-order valence-corrected chi connectivity index (χ3v) is 15.6. The predicted octanol–water partition coefficient (Wildman–Crippen LogP) is 18.7. The highest BCUT2D eigenvalue weighted by Gasteiger charge is 2.32. The molecule has 0 radical (unpaired) electrons. The molecular weight excluding hydrogens is 973 g/mol. The second-order valence-corrected chi connectivity index (χ2v) is 22.6. The molecular formula is C75H60N4O. The van der Waals surface area contributed by atoms with Crippen LogP contribution in [0.3, 0.4) is 0 Å². The normalized spacial score (nSPS) is 15.0. The monoisotopic (exact) mass is 1040 g/mol. The Balaban J connectivity index is 0.996. The number of benzene rings is 10. The van der Waals surface area contributed by atoms with Crippen LogP contribution in [0.2, 0.25) is 0 Å². The van der Waals surface area contributed by atoms with Crippen molar-refractivity contribution < 1.29 is 23.0 Å². The molecule has 13 aromatic rings. The Bertz CT molecular complexity index is 5010. The molecule has 386 valence electrons. The van der Waals surface area contributed by atoms with Gasteiger partial charge in [0.2, 0.25) is 0 Å². The highest BCUT2D eigenvalue weighted by molar-refractivity contribution is 6.10. The van der Waals surface area contributed by atoms with Gasteiger partial charge in [-0.1, -0.05) is 217 Å². The third-order valence-electron chi connectivity index (χ3n) is 15.6. The minimum Gasteiger partial charge on any atom is -0.458 e. The average Bonchev–Trinajstić information content (AvgIpc) is 1.50. The van der Waals surface area contributed by atoms with Crippen molar-refractivity contribution in [2.45, 2.75) is 58.3 Å². The second kappa shape index (κ2) is 19.1. The van der Waals surface area contributed by atoms with Crippen LogP contribution < -0.4 is 9.30 Å². The van der Waals surface area contributed by atoms with Crippen molar-refractivity contribution in [3.05, 3.63) is 283 Å². The van der Waals surface area contributed by atoms with E-state index in [2.05, 4.69) is 156 Å². The maximum Gasteiger partial charge on any atom is 0.269 e. The molecule has 0 saturated carbocycles. The number of aromatic nitrogens is 4. The molecule has 0 saturated heterocycles. The van der Waals surface area contributed by atoms with E-state index in [0.717, 1.165) is 66.6 Å². The first kappa shape index (κ1) is 38.9. The first-order valence-electron chi connectivity index (χ1n) is 32.0. The lowest BCUT2D eigenvalue weighted by molar-refractivity contribution is -0.571. The van der Waals surface area contributed by atoms with E-state index in [1.807, 2.05) is 71.4 Å². The van der Waals surface area contributed by atoms with Gasteiger partial charge >= 0.3 is 0 Å². The van der Waals surface area contributed by atoms with Gasteiger partial charge in [-0.25, -0.2) is 4.98 Å². The van der Waals surface area contributed by atoms with Crippen molar-refractivity contribution in [1.82, 2.24) is 14.1 Å². The van der Waals surface area contributed by atoms with Crippen LogP contribution in [0.4, 0.5) is 0 Å². The first-order chi connectivity index (χ1) is 43.1. The van der Waals surface area contributed by atoms with E-state index in [1.54, 1.807) is 22.8 Å². The fourth-order valence-electron chi connectivity index (χ4n) is 11.8. The molecule has 14 rings (SSSR count). The second-order valence-electron chi connectivity index (χ2n) is 22.6. The number of para-hydroxylation sites is 1. The molecule has 0 spiro atoms. The molecule has 0 amide bonds. The number of fused-ring (bicyclic) bond motifs is 7. The summed E-state index contributed by atoms with van der Waals surface area (Å²) in [5.74, 6) is 1.68. The predicted molar refractivity (Wildman–Crippen MR) is 329 cm³/mol. The zero-order valence-corrected chi connectivity index (χ0v) is 45.2. The molecule has 1 aliphatic rings. The summed E-state index contributed by atoms with van der Waals surface area (Å²) in [6.45, 7) is 13.3. The van der Waals surface area contributed by atoms with Gasteiger partial charge in [0, 0.05) is 29.0 Å². The zero-order valence-electron chi connectivity index (χ0n) is 55.2. The maximum absolute atomic E-state index is 9.34. The molecule has 3 aromatic heterocycles. The molecule has 0 aliphatic heterocycles. The maximum atomic E-state index is 9.34. The average molecular weight is 1040 g/mol. The van der Waals surface area contributed by atoms with Crippen molar-refractivity contribution in [3.63, 3.8) is 0 Å². The van der Waals surface area contributed by atoms with Gasteiger partial charge in [0.25, 0.3) is 6.33 Å². The van der Waals surface area contributed by atoms with E-state index in [-0.39, 0.29) is 44.7 Å². The molecule has 5 nitrogen and oxygen atoms in total. The minimum absolute atomic E-state index is 0.0973. The van der Waals surface area contributed by atoms with Gasteiger partial charge in [-0.05, 0) is 144 Å². The highest BCUT2D eigenvalue weighted by atomic mass is 16.5. The summed E-state index contributed by atoms with van der Waals surface area (Å²) in [7, 11) is 0. The largest absolute Gasteiger partial charge is 0.458 e. The SMILES string of the molecule is [2H]c1c([2H])c([2H])c(-c2cccc(-c3c([2H])c([2H])c([2H])c([2H])c3[2H])c2-[n+]2[c-]n(-c3cccc(Oc4ccc5c6ccc(-c7ccccc7C(C)(C)C)cc6n(-c6cc(C(C)(C)C)ccn6)c5c4)c3)c3cc4c(cc32)-c2ccccc2C4c2ccccc2)c([2H])c1[2H]. The van der Waals surface area contributed by atoms with Gasteiger partial charge in [0.1, 0.15) is 17.3 Å². The van der Waals surface area contributed by atoms with Crippen LogP contribution in [0.25, 0.3) is 94.5 Å². The van der Waals surface area contributed by atoms with Crippen molar-refractivity contribution >= 4 is 32.8 Å². The number of ether oxygens (including phenoxy) is 1. The molecule has 1 aliphatic carbocycles. The van der Waals surface area contributed by atoms with E-state index in [4.69, 9.17) is 17.9 Å². The van der Waals surface area contributed by atoms with Crippen LogP contribution in [0.1, 0.15) is 89.0 Å². The van der Waals surface area contributed by atoms with Crippen molar-refractivity contribution in [2.75, 3.05) is 0 Å². The number of hydrogen-bond donors (Lipinski definition) is 0. The van der Waals surface area contributed by atoms with Gasteiger partial charge in [-0.3, -0.25) is 13.7 Å². The topological polar surface area (TPSA) is 35.9 Å². The van der Waals surface area contributed by atoms with Crippen molar-refractivity contribution in [3.8, 4) is 73.2 Å². The smallest absolute Gasteiger partial charge is 0.269 e. The van der Waals surface area contributed by atoms with Gasteiger partial charge < -0.3 is 4.74 Å². The van der Waals surface area contributed by atoms with Gasteiger partial charge in [-0.2, -0.15) is 0 Å². The quantitative estimate of drug-likeness (QED) is 0.107. The summed E-state index contributed by atoms with van der Waals surface area (Å²) in [6.07, 6.45) is 5.52. The highest BCUT2D eigenvalue weighted by Crippen LogP contribution is 2.50. The summed E-state index contributed by atoms with van der Waals surface area (Å²) < 4.78 is 103. The van der Waals surface area contributed by atoms with Gasteiger partial charge in [0.05, 0.1) is 47.1 Å². The van der Waals surface area contributed by atoms with E-state index < -0.39 is 60.4 Å². The number of hydrogen-bond acceptors (Lipinski definition) is 2. The van der Waals surface area contributed by atoms with Crippen LogP contribution >= 0.6 is 0 Å². The molecule has 5 heteroatoms. The first-order valence-corrected chi connectivity index (χ1v) is 27.0. The Hall–Kier alpha value is -9.58. The lowest BCUT2D eigenvalue weighted by atomic mass is 9.82. The van der Waals surface area contributed by atoms with Crippen LogP contribution in [-0.2, 0) is 10.8 Å². The third kappa shape index (κ3) is 8.40. The van der Waals surface area contributed by atoms with E-state index in [9.17, 15) is 5.48 Å². The number of pyridine rings is 1. The van der Waals surface area contributed by atoms with E-state index >= 15 is 0 Å². The molecule has 3 heterocycles. The summed E-state index contributed by atoms with van der Waals surface area (Å²) in [5.41, 5.74) is 13.5. The molecule has 0 bridgehead atoms. The van der Waals surface area contributed by atoms with E-state index in [0.29, 0.717) is 28.2 Å². The fourth-order valence-corrected chi connectivity index (χ4v) is 11.8. The molecule has 1 unspecified atom stereocenters. The molecule has 80 heavy (non-hydrogen) atoms. The Labute approximate surface area is 482 Å². The van der Waals surface area contributed by atoms with Crippen molar-refractivity contribution in [1.29, 1.82) is 0 Å². The Morgan fingerprint density at radius 3 is 1.86 bits per heavy atom. The van der Waals surface area contributed by atoms with Crippen LogP contribution in [-0.4, -0.2) is 14.1 Å². The summed E-state index contributed by atoms with van der Waals surface area (Å²) in [4.78, 5) is 5.03. The lowest BCUT2D eigenvalue weighted by Gasteiger charge is -2.23. The van der Waals surface area contributed by atoms with Crippen molar-refractivity contribution in [2.24, 2.45) is 0 Å². The summed E-state index contributed by atoms with van der Waals surface area (Å²) in [5, 5.41) is 2.09. The minimum atomic E-state index is -0.575. The van der Waals surface area contributed by atoms with Crippen LogP contribution in [0.15, 0.2) is 249 Å². The Morgan fingerprint density at radius 1 is 0.500 bits per heavy atom. The van der Waals surface area contributed by atoms with E-state index in [1.165, 1.54) is 11.1 Å². The van der Waals surface area contributed by atoms with Gasteiger partial charge in [0.15, 0.2) is 0 Å². The Kier molecular flexibility index (Phi) is 9.29. The Morgan fingerprint density at radius 2 is 1.14 bits per heavy atom. The number of imidazole rings is 1. The summed E-state index contributed by atoms with van der Waals surface area (Å²) >= 11 is 0. The fraction of sp³-hybridized carbons (Fsp3) is 0.120. The molecule has 0 N–H and O–H groups in total. The summed E-state index contributed by atoms with van der Waals surface area (Å²) in [6, 6.07) is 55.7. The lowest BCUT2D eigenvalue weighted by Crippen LogP contribution is -2.31. The standard InChI is InChI=1S/C75H60N4O/c1-74(2,3)53-40-41-76-71(43-53)79-67-42-52(57-30-18-19-35-66(57)75(4,5)6)36-38-61(67)62-39-37-56(45-68(62)79)80-55-29-20-28-54(44-55)77-48-78(73-58(49-22-10-7-11-23-49)33-21-34-59(73)50-24-12-8-13-25-50)70-46-64-60-31-16-17-32-63(60)72(65(64)47-69(70)77)51-26-14-9-15-27-51/h7-47,72H,1-6H3/i7D,8D,10D,11D,12D,13D,22D,23D,24D,25D.